The first-order valence-corrected chi connectivity index (χ1v) is 7.64. The van der Waals surface area contributed by atoms with Crippen LogP contribution in [0.15, 0.2) is 60.2 Å². The van der Waals surface area contributed by atoms with E-state index < -0.39 is 5.41 Å². The second-order valence-corrected chi connectivity index (χ2v) is 5.70. The molecule has 3 rings (SSSR count). The predicted molar refractivity (Wildman–Crippen MR) is 88.5 cm³/mol. The summed E-state index contributed by atoms with van der Waals surface area (Å²) >= 11 is 0. The van der Waals surface area contributed by atoms with Gasteiger partial charge in [-0.05, 0) is 43.0 Å². The number of hydrogen-bond acceptors (Lipinski definition) is 2. The molecule has 22 heavy (non-hydrogen) atoms. The summed E-state index contributed by atoms with van der Waals surface area (Å²) in [4.78, 5) is 12.7. The van der Waals surface area contributed by atoms with Crippen LogP contribution in [0, 0.1) is 6.92 Å². The van der Waals surface area contributed by atoms with E-state index in [9.17, 15) is 4.79 Å². The van der Waals surface area contributed by atoms with Gasteiger partial charge in [0.25, 0.3) is 0 Å². The zero-order chi connectivity index (χ0) is 15.7. The summed E-state index contributed by atoms with van der Waals surface area (Å²) in [5, 5.41) is 0. The van der Waals surface area contributed by atoms with Gasteiger partial charge in [-0.3, -0.25) is 4.79 Å². The van der Waals surface area contributed by atoms with Gasteiger partial charge in [-0.15, -0.1) is 0 Å². The Bertz CT molecular complexity index is 726. The van der Waals surface area contributed by atoms with Crippen molar-refractivity contribution in [2.24, 2.45) is 0 Å². The van der Waals surface area contributed by atoms with Gasteiger partial charge in [0.15, 0.2) is 0 Å². The van der Waals surface area contributed by atoms with Crippen molar-refractivity contribution in [3.05, 3.63) is 76.9 Å². The van der Waals surface area contributed by atoms with E-state index in [1.165, 1.54) is 5.56 Å². The molecule has 0 N–H and O–H groups in total. The van der Waals surface area contributed by atoms with Crippen molar-refractivity contribution in [2.45, 2.75) is 26.2 Å². The summed E-state index contributed by atoms with van der Waals surface area (Å²) in [5.41, 5.74) is 4.73. The first-order valence-electron chi connectivity index (χ1n) is 7.64. The van der Waals surface area contributed by atoms with E-state index in [1.54, 1.807) is 0 Å². The third kappa shape index (κ3) is 2.07. The van der Waals surface area contributed by atoms with Gasteiger partial charge in [-0.1, -0.05) is 60.2 Å². The van der Waals surface area contributed by atoms with E-state index >= 15 is 0 Å². The topological polar surface area (TPSA) is 26.3 Å². The molecule has 1 aliphatic rings. The molecular weight excluding hydrogens is 272 g/mol. The number of benzene rings is 2. The van der Waals surface area contributed by atoms with Gasteiger partial charge in [0.1, 0.15) is 5.41 Å². The van der Waals surface area contributed by atoms with Gasteiger partial charge >= 0.3 is 5.97 Å². The minimum absolute atomic E-state index is 0.171. The fourth-order valence-electron chi connectivity index (χ4n) is 3.22. The van der Waals surface area contributed by atoms with Gasteiger partial charge in [0.2, 0.25) is 0 Å². The summed E-state index contributed by atoms with van der Waals surface area (Å²) in [6.45, 7) is 6.31. The molecule has 0 spiro atoms. The van der Waals surface area contributed by atoms with Crippen LogP contribution in [0.2, 0.25) is 0 Å². The molecule has 0 aromatic heterocycles. The summed E-state index contributed by atoms with van der Waals surface area (Å²) in [6.07, 6.45) is 0. The molecule has 2 nitrogen and oxygen atoms in total. The lowest BCUT2D eigenvalue weighted by atomic mass is 9.86. The average Bonchev–Trinajstić information content (AvgIpc) is 3.16. The van der Waals surface area contributed by atoms with Gasteiger partial charge in [-0.2, -0.15) is 0 Å². The molecule has 0 aliphatic heterocycles. The number of carbonyl (C=O) groups is 1. The van der Waals surface area contributed by atoms with E-state index in [2.05, 4.69) is 0 Å². The molecule has 0 heterocycles. The van der Waals surface area contributed by atoms with Crippen LogP contribution in [0.25, 0.3) is 5.57 Å². The number of carbonyl (C=O) groups excluding carboxylic acids is 1. The lowest BCUT2D eigenvalue weighted by Gasteiger charge is -2.19. The summed E-state index contributed by atoms with van der Waals surface area (Å²) in [6, 6.07) is 18.2. The second kappa shape index (κ2) is 5.45. The van der Waals surface area contributed by atoms with Crippen molar-refractivity contribution in [3.63, 3.8) is 0 Å². The molecule has 1 atom stereocenters. The van der Waals surface area contributed by atoms with Crippen LogP contribution in [0.5, 0.6) is 0 Å². The van der Waals surface area contributed by atoms with Crippen LogP contribution in [0.1, 0.15) is 30.5 Å². The minimum atomic E-state index is -0.703. The lowest BCUT2D eigenvalue weighted by molar-refractivity contribution is -0.145. The summed E-state index contributed by atoms with van der Waals surface area (Å²) in [5.74, 6) is -0.171. The molecule has 1 unspecified atom stereocenters. The van der Waals surface area contributed by atoms with Gasteiger partial charge in [0, 0.05) is 0 Å². The SMILES string of the molecule is CCOC(=O)C1(c2ccc(C)cc2)C(C)=C1c1ccccc1. The molecule has 0 amide bonds. The normalized spacial score (nSPS) is 20.0. The standard InChI is InChI=1S/C20H20O2/c1-4-22-19(21)20(17-12-10-14(2)11-13-17)15(3)18(20)16-8-6-5-7-9-16/h5-13H,4H2,1-3H3. The van der Waals surface area contributed by atoms with E-state index in [0.717, 1.165) is 22.3 Å². The molecule has 0 saturated carbocycles. The van der Waals surface area contributed by atoms with Crippen LogP contribution >= 0.6 is 0 Å². The van der Waals surface area contributed by atoms with Crippen molar-refractivity contribution in [1.29, 1.82) is 0 Å². The Morgan fingerprint density at radius 2 is 1.64 bits per heavy atom. The third-order valence-electron chi connectivity index (χ3n) is 4.38. The van der Waals surface area contributed by atoms with Gasteiger partial charge < -0.3 is 4.74 Å². The van der Waals surface area contributed by atoms with Crippen LogP contribution in [0.3, 0.4) is 0 Å². The van der Waals surface area contributed by atoms with E-state index in [-0.39, 0.29) is 5.97 Å². The molecule has 2 heteroatoms. The van der Waals surface area contributed by atoms with Crippen molar-refractivity contribution in [3.8, 4) is 0 Å². The second-order valence-electron chi connectivity index (χ2n) is 5.70. The Labute approximate surface area is 131 Å². The van der Waals surface area contributed by atoms with E-state index in [0.29, 0.717) is 6.61 Å². The fraction of sp³-hybridized carbons (Fsp3) is 0.250. The zero-order valence-electron chi connectivity index (χ0n) is 13.2. The van der Waals surface area contributed by atoms with Gasteiger partial charge in [0.05, 0.1) is 6.61 Å². The Hall–Kier alpha value is -2.35. The first-order chi connectivity index (χ1) is 10.6. The van der Waals surface area contributed by atoms with E-state index in [1.807, 2.05) is 75.4 Å². The van der Waals surface area contributed by atoms with Crippen molar-refractivity contribution in [2.75, 3.05) is 6.61 Å². The highest BCUT2D eigenvalue weighted by molar-refractivity contribution is 6.15. The van der Waals surface area contributed by atoms with Crippen molar-refractivity contribution < 1.29 is 9.53 Å². The van der Waals surface area contributed by atoms with Crippen molar-refractivity contribution in [1.82, 2.24) is 0 Å². The Balaban J connectivity index is 2.08. The zero-order valence-corrected chi connectivity index (χ0v) is 13.2. The minimum Gasteiger partial charge on any atom is -0.465 e. The molecule has 2 aromatic carbocycles. The lowest BCUT2D eigenvalue weighted by Crippen LogP contribution is -2.28. The maximum absolute atomic E-state index is 12.7. The molecule has 1 aliphatic carbocycles. The summed E-state index contributed by atoms with van der Waals surface area (Å²) < 4.78 is 5.40. The number of hydrogen-bond donors (Lipinski definition) is 0. The Morgan fingerprint density at radius 1 is 1.00 bits per heavy atom. The molecule has 2 aromatic rings. The number of rotatable bonds is 4. The maximum atomic E-state index is 12.7. The van der Waals surface area contributed by atoms with Crippen molar-refractivity contribution >= 4 is 11.5 Å². The largest absolute Gasteiger partial charge is 0.465 e. The fourth-order valence-corrected chi connectivity index (χ4v) is 3.22. The average molecular weight is 292 g/mol. The van der Waals surface area contributed by atoms with Crippen LogP contribution in [-0.2, 0) is 14.9 Å². The molecule has 0 saturated heterocycles. The quantitative estimate of drug-likeness (QED) is 0.786. The third-order valence-corrected chi connectivity index (χ3v) is 4.38. The highest BCUT2D eigenvalue weighted by Gasteiger charge is 2.59. The Kier molecular flexibility index (Phi) is 3.61. The number of ether oxygens (including phenoxy) is 1. The molecule has 0 fully saturated rings. The van der Waals surface area contributed by atoms with Crippen LogP contribution < -0.4 is 0 Å². The highest BCUT2D eigenvalue weighted by Crippen LogP contribution is 2.60. The summed E-state index contributed by atoms with van der Waals surface area (Å²) in [7, 11) is 0. The first kappa shape index (κ1) is 14.6. The number of aryl methyl sites for hydroxylation is 1. The van der Waals surface area contributed by atoms with Gasteiger partial charge in [-0.25, -0.2) is 0 Å². The molecular formula is C20H20O2. The number of esters is 1. The van der Waals surface area contributed by atoms with Crippen LogP contribution in [0.4, 0.5) is 0 Å². The molecule has 0 bridgehead atoms. The van der Waals surface area contributed by atoms with E-state index in [4.69, 9.17) is 4.74 Å². The predicted octanol–water partition coefficient (Wildman–Crippen LogP) is 4.28. The molecule has 112 valence electrons. The molecule has 0 radical (unpaired) electrons. The smallest absolute Gasteiger partial charge is 0.325 e. The maximum Gasteiger partial charge on any atom is 0.325 e. The monoisotopic (exact) mass is 292 g/mol. The Morgan fingerprint density at radius 3 is 2.23 bits per heavy atom. The highest BCUT2D eigenvalue weighted by atomic mass is 16.5. The van der Waals surface area contributed by atoms with Crippen LogP contribution in [-0.4, -0.2) is 12.6 Å².